The predicted octanol–water partition coefficient (Wildman–Crippen LogP) is 2.39. The van der Waals surface area contributed by atoms with Crippen molar-refractivity contribution in [2.24, 2.45) is 0 Å². The molecule has 5 heteroatoms. The van der Waals surface area contributed by atoms with Crippen LogP contribution in [0.3, 0.4) is 0 Å². The molecule has 21 heavy (non-hydrogen) atoms. The summed E-state index contributed by atoms with van der Waals surface area (Å²) in [5, 5.41) is 0. The van der Waals surface area contributed by atoms with Crippen LogP contribution in [0, 0.1) is 0 Å². The van der Waals surface area contributed by atoms with Crippen LogP contribution in [0.25, 0.3) is 5.52 Å². The van der Waals surface area contributed by atoms with Gasteiger partial charge in [0.05, 0.1) is 12.1 Å². The van der Waals surface area contributed by atoms with Gasteiger partial charge in [-0.2, -0.15) is 0 Å². The van der Waals surface area contributed by atoms with Crippen LogP contribution in [0.5, 0.6) is 5.75 Å². The molecular formula is C16H20N2O3. The first-order valence-electron chi connectivity index (χ1n) is 7.10. The van der Waals surface area contributed by atoms with E-state index >= 15 is 0 Å². The van der Waals surface area contributed by atoms with Gasteiger partial charge in [-0.1, -0.05) is 13.8 Å². The number of ether oxygens (including phenoxy) is 1. The van der Waals surface area contributed by atoms with Crippen molar-refractivity contribution in [2.45, 2.75) is 20.8 Å². The Labute approximate surface area is 124 Å². The van der Waals surface area contributed by atoms with Crippen LogP contribution in [0.2, 0.25) is 0 Å². The van der Waals surface area contributed by atoms with Crippen LogP contribution in [0.4, 0.5) is 0 Å². The Hall–Kier alpha value is -2.14. The van der Waals surface area contributed by atoms with Gasteiger partial charge in [-0.15, -0.1) is 0 Å². The van der Waals surface area contributed by atoms with Gasteiger partial charge in [0.2, 0.25) is 0 Å². The summed E-state index contributed by atoms with van der Waals surface area (Å²) in [6.45, 7) is 7.42. The number of Topliss-reactive ketones (excluding diaryl/α,β-unsaturated/α-hetero) is 1. The molecule has 0 aliphatic carbocycles. The molecule has 112 valence electrons. The molecule has 0 unspecified atom stereocenters. The molecule has 0 atom stereocenters. The lowest BCUT2D eigenvalue weighted by Crippen LogP contribution is -2.29. The zero-order chi connectivity index (χ0) is 15.4. The maximum atomic E-state index is 12.5. The Bertz CT molecular complexity index is 657. The quantitative estimate of drug-likeness (QED) is 0.605. The molecule has 0 N–H and O–H groups in total. The Morgan fingerprint density at radius 3 is 2.52 bits per heavy atom. The largest absolute Gasteiger partial charge is 0.424 e. The SMILES string of the molecule is CCN(CC)CC(=O)c1ccn2cccc(OC(C)=O)c12. The number of hydrogen-bond acceptors (Lipinski definition) is 4. The van der Waals surface area contributed by atoms with Crippen molar-refractivity contribution >= 4 is 17.3 Å². The van der Waals surface area contributed by atoms with Crippen molar-refractivity contribution in [3.05, 3.63) is 36.2 Å². The number of fused-ring (bicyclic) bond motifs is 1. The van der Waals surface area contributed by atoms with Gasteiger partial charge < -0.3 is 9.14 Å². The molecule has 0 aliphatic rings. The first kappa shape index (κ1) is 15.3. The number of likely N-dealkylation sites (N-methyl/N-ethyl adjacent to an activating group) is 1. The van der Waals surface area contributed by atoms with Crippen molar-refractivity contribution < 1.29 is 14.3 Å². The average molecular weight is 288 g/mol. The second-order valence-electron chi connectivity index (χ2n) is 4.84. The summed E-state index contributed by atoms with van der Waals surface area (Å²) >= 11 is 0. The minimum Gasteiger partial charge on any atom is -0.424 e. The molecule has 0 saturated heterocycles. The van der Waals surface area contributed by atoms with E-state index in [4.69, 9.17) is 4.74 Å². The van der Waals surface area contributed by atoms with E-state index in [1.165, 1.54) is 6.92 Å². The molecule has 0 bridgehead atoms. The van der Waals surface area contributed by atoms with Gasteiger partial charge in [0.15, 0.2) is 11.5 Å². The lowest BCUT2D eigenvalue weighted by atomic mass is 10.1. The van der Waals surface area contributed by atoms with E-state index < -0.39 is 5.97 Å². The highest BCUT2D eigenvalue weighted by Gasteiger charge is 2.17. The van der Waals surface area contributed by atoms with Gasteiger partial charge in [-0.05, 0) is 31.3 Å². The maximum Gasteiger partial charge on any atom is 0.308 e. The zero-order valence-corrected chi connectivity index (χ0v) is 12.6. The lowest BCUT2D eigenvalue weighted by molar-refractivity contribution is -0.131. The molecule has 0 saturated carbocycles. The summed E-state index contributed by atoms with van der Waals surface area (Å²) in [5.41, 5.74) is 1.23. The number of carbonyl (C=O) groups excluding carboxylic acids is 2. The normalized spacial score (nSPS) is 11.0. The summed E-state index contributed by atoms with van der Waals surface area (Å²) < 4.78 is 7.01. The molecule has 5 nitrogen and oxygen atoms in total. The molecule has 2 aromatic heterocycles. The Morgan fingerprint density at radius 2 is 1.90 bits per heavy atom. The number of aromatic nitrogens is 1. The maximum absolute atomic E-state index is 12.5. The van der Waals surface area contributed by atoms with E-state index in [1.54, 1.807) is 28.8 Å². The third-order valence-electron chi connectivity index (χ3n) is 3.46. The number of carbonyl (C=O) groups is 2. The minimum atomic E-state index is -0.397. The van der Waals surface area contributed by atoms with Crippen molar-refractivity contribution in [1.29, 1.82) is 0 Å². The first-order chi connectivity index (χ1) is 10.1. The van der Waals surface area contributed by atoms with Crippen LogP contribution < -0.4 is 4.74 Å². The molecule has 0 fully saturated rings. The number of nitrogens with zero attached hydrogens (tertiary/aromatic N) is 2. The van der Waals surface area contributed by atoms with E-state index in [0.717, 1.165) is 13.1 Å². The molecule has 0 spiro atoms. The summed E-state index contributed by atoms with van der Waals surface area (Å²) in [6.07, 6.45) is 3.63. The van der Waals surface area contributed by atoms with Gasteiger partial charge in [0.1, 0.15) is 0 Å². The Kier molecular flexibility index (Phi) is 4.75. The lowest BCUT2D eigenvalue weighted by Gasteiger charge is -2.16. The molecule has 0 aliphatic heterocycles. The van der Waals surface area contributed by atoms with Crippen molar-refractivity contribution in [3.8, 4) is 5.75 Å². The number of pyridine rings is 1. The van der Waals surface area contributed by atoms with Crippen molar-refractivity contribution in [2.75, 3.05) is 19.6 Å². The fraction of sp³-hybridized carbons (Fsp3) is 0.375. The Morgan fingerprint density at radius 1 is 1.19 bits per heavy atom. The first-order valence-corrected chi connectivity index (χ1v) is 7.10. The standard InChI is InChI=1S/C16H20N2O3/c1-4-17(5-2)11-14(20)13-8-10-18-9-6-7-15(16(13)18)21-12(3)19/h6-10H,4-5,11H2,1-3H3. The van der Waals surface area contributed by atoms with E-state index in [2.05, 4.69) is 4.90 Å². The van der Waals surface area contributed by atoms with Crippen molar-refractivity contribution in [1.82, 2.24) is 9.30 Å². The molecule has 0 aromatic carbocycles. The highest BCUT2D eigenvalue weighted by atomic mass is 16.5. The Balaban J connectivity index is 2.40. The summed E-state index contributed by atoms with van der Waals surface area (Å²) in [4.78, 5) is 25.8. The average Bonchev–Trinajstić information content (AvgIpc) is 2.89. The monoisotopic (exact) mass is 288 g/mol. The van der Waals surface area contributed by atoms with Crippen LogP contribution in [0.1, 0.15) is 31.1 Å². The van der Waals surface area contributed by atoms with Gasteiger partial charge in [0, 0.05) is 24.9 Å². The van der Waals surface area contributed by atoms with E-state index in [0.29, 0.717) is 23.4 Å². The summed E-state index contributed by atoms with van der Waals surface area (Å²) in [6, 6.07) is 5.25. The van der Waals surface area contributed by atoms with Crippen LogP contribution in [-0.2, 0) is 4.79 Å². The number of ketones is 1. The van der Waals surface area contributed by atoms with Gasteiger partial charge >= 0.3 is 5.97 Å². The fourth-order valence-electron chi connectivity index (χ4n) is 2.33. The van der Waals surface area contributed by atoms with Gasteiger partial charge in [-0.3, -0.25) is 14.5 Å². The zero-order valence-electron chi connectivity index (χ0n) is 12.6. The second-order valence-corrected chi connectivity index (χ2v) is 4.84. The molecule has 0 amide bonds. The third-order valence-corrected chi connectivity index (χ3v) is 3.46. The topological polar surface area (TPSA) is 51.0 Å². The van der Waals surface area contributed by atoms with Gasteiger partial charge in [0.25, 0.3) is 0 Å². The third kappa shape index (κ3) is 3.31. The second kappa shape index (κ2) is 6.54. The predicted molar refractivity (Wildman–Crippen MR) is 80.8 cm³/mol. The van der Waals surface area contributed by atoms with E-state index in [9.17, 15) is 9.59 Å². The summed E-state index contributed by atoms with van der Waals surface area (Å²) in [5.74, 6) is 0.0464. The highest BCUT2D eigenvalue weighted by Crippen LogP contribution is 2.25. The molecule has 2 heterocycles. The smallest absolute Gasteiger partial charge is 0.308 e. The summed E-state index contributed by atoms with van der Waals surface area (Å²) in [7, 11) is 0. The van der Waals surface area contributed by atoms with Crippen LogP contribution in [0.15, 0.2) is 30.6 Å². The molecule has 2 aromatic rings. The number of rotatable bonds is 6. The van der Waals surface area contributed by atoms with Crippen LogP contribution >= 0.6 is 0 Å². The minimum absolute atomic E-state index is 0.0285. The fourth-order valence-corrected chi connectivity index (χ4v) is 2.33. The number of hydrogen-bond donors (Lipinski definition) is 0. The van der Waals surface area contributed by atoms with Crippen LogP contribution in [-0.4, -0.2) is 40.7 Å². The van der Waals surface area contributed by atoms with E-state index in [-0.39, 0.29) is 5.78 Å². The van der Waals surface area contributed by atoms with Crippen molar-refractivity contribution in [3.63, 3.8) is 0 Å². The highest BCUT2D eigenvalue weighted by molar-refractivity contribution is 6.05. The molecule has 0 radical (unpaired) electrons. The molecular weight excluding hydrogens is 268 g/mol. The number of esters is 1. The van der Waals surface area contributed by atoms with Gasteiger partial charge in [-0.25, -0.2) is 0 Å². The van der Waals surface area contributed by atoms with E-state index in [1.807, 2.05) is 20.0 Å². The molecule has 2 rings (SSSR count).